The molecule has 0 saturated carbocycles. The monoisotopic (exact) mass is 401 g/mol. The zero-order valence-corrected chi connectivity index (χ0v) is 18.4. The van der Waals surface area contributed by atoms with Crippen molar-refractivity contribution in [1.29, 1.82) is 5.26 Å². The normalized spacial score (nSPS) is 14.6. The molecule has 0 radical (unpaired) electrons. The fourth-order valence-corrected chi connectivity index (χ4v) is 4.00. The number of benzene rings is 2. The quantitative estimate of drug-likeness (QED) is 0.482. The summed E-state index contributed by atoms with van der Waals surface area (Å²) in [7, 11) is 0. The molecular weight excluding hydrogens is 370 g/mol. The molecule has 1 amide bonds. The topological polar surface area (TPSA) is 64.9 Å². The highest BCUT2D eigenvalue weighted by atomic mass is 16.1. The Balaban J connectivity index is 1.73. The van der Waals surface area contributed by atoms with Crippen LogP contribution in [0.4, 0.5) is 5.69 Å². The molecule has 0 heterocycles. The van der Waals surface area contributed by atoms with Crippen LogP contribution in [0, 0.1) is 18.3 Å². The van der Waals surface area contributed by atoms with Gasteiger partial charge in [0.25, 0.3) is 5.91 Å². The molecule has 30 heavy (non-hydrogen) atoms. The average molecular weight is 402 g/mol. The Morgan fingerprint density at radius 3 is 2.53 bits per heavy atom. The minimum absolute atomic E-state index is 0.0121. The van der Waals surface area contributed by atoms with Gasteiger partial charge in [-0.05, 0) is 73.3 Å². The predicted octanol–water partition coefficient (Wildman–Crippen LogP) is 5.69. The van der Waals surface area contributed by atoms with Gasteiger partial charge in [-0.1, -0.05) is 50.2 Å². The lowest BCUT2D eigenvalue weighted by Crippen LogP contribution is -2.20. The van der Waals surface area contributed by atoms with E-state index in [0.29, 0.717) is 0 Å². The van der Waals surface area contributed by atoms with Crippen LogP contribution < -0.4 is 10.6 Å². The van der Waals surface area contributed by atoms with Crippen LogP contribution in [0.25, 0.3) is 0 Å². The molecule has 2 aromatic carbocycles. The molecule has 0 bridgehead atoms. The van der Waals surface area contributed by atoms with Gasteiger partial charge in [0.1, 0.15) is 11.6 Å². The highest BCUT2D eigenvalue weighted by Gasteiger charge is 2.16. The summed E-state index contributed by atoms with van der Waals surface area (Å²) >= 11 is 0. The van der Waals surface area contributed by atoms with Crippen LogP contribution in [-0.2, 0) is 17.6 Å². The number of rotatable bonds is 6. The Morgan fingerprint density at radius 2 is 1.83 bits per heavy atom. The van der Waals surface area contributed by atoms with E-state index in [2.05, 4.69) is 42.7 Å². The minimum atomic E-state index is -0.390. The lowest BCUT2D eigenvalue weighted by molar-refractivity contribution is -0.112. The maximum Gasteiger partial charge on any atom is 0.267 e. The number of hydrogen-bond donors (Lipinski definition) is 2. The Hall–Kier alpha value is -3.06. The molecule has 4 nitrogen and oxygen atoms in total. The molecule has 3 rings (SSSR count). The fraction of sp³-hybridized carbons (Fsp3) is 0.385. The van der Waals surface area contributed by atoms with Gasteiger partial charge in [-0.25, -0.2) is 0 Å². The van der Waals surface area contributed by atoms with Gasteiger partial charge in [-0.3, -0.25) is 4.79 Å². The number of nitrogens with zero attached hydrogens (tertiary/aromatic N) is 1. The number of nitrogens with one attached hydrogen (secondary N) is 2. The SMILES string of the molecule is Cc1cccc(C(C)C)c1NC(=O)/C(C#N)=C\NC(C)c1ccc2c(c1)CCCC2. The van der Waals surface area contributed by atoms with Crippen LogP contribution >= 0.6 is 0 Å². The third kappa shape index (κ3) is 4.91. The molecule has 1 aliphatic carbocycles. The molecule has 1 atom stereocenters. The summed E-state index contributed by atoms with van der Waals surface area (Å²) in [6, 6.07) is 14.6. The van der Waals surface area contributed by atoms with Crippen LogP contribution in [0.5, 0.6) is 0 Å². The second-order valence-electron chi connectivity index (χ2n) is 8.44. The molecule has 1 aliphatic rings. The van der Waals surface area contributed by atoms with E-state index in [1.807, 2.05) is 38.1 Å². The lowest BCUT2D eigenvalue weighted by Gasteiger charge is -2.20. The largest absolute Gasteiger partial charge is 0.383 e. The van der Waals surface area contributed by atoms with Crippen LogP contribution in [0.15, 0.2) is 48.2 Å². The van der Waals surface area contributed by atoms with E-state index in [9.17, 15) is 10.1 Å². The van der Waals surface area contributed by atoms with Crippen molar-refractivity contribution in [3.8, 4) is 6.07 Å². The number of amides is 1. The first-order chi connectivity index (χ1) is 14.4. The summed E-state index contributed by atoms with van der Waals surface area (Å²) in [4.78, 5) is 12.8. The van der Waals surface area contributed by atoms with E-state index in [1.54, 1.807) is 0 Å². The Bertz CT molecular complexity index is 998. The lowest BCUT2D eigenvalue weighted by atomic mass is 9.89. The van der Waals surface area contributed by atoms with Crippen molar-refractivity contribution in [3.63, 3.8) is 0 Å². The van der Waals surface area contributed by atoms with Crippen LogP contribution in [0.2, 0.25) is 0 Å². The number of fused-ring (bicyclic) bond motifs is 1. The molecule has 1 unspecified atom stereocenters. The van der Waals surface area contributed by atoms with Crippen molar-refractivity contribution in [2.45, 2.75) is 65.3 Å². The van der Waals surface area contributed by atoms with E-state index >= 15 is 0 Å². The summed E-state index contributed by atoms with van der Waals surface area (Å²) < 4.78 is 0. The Kier molecular flexibility index (Phi) is 6.95. The maximum absolute atomic E-state index is 12.8. The number of aryl methyl sites for hydroxylation is 3. The smallest absolute Gasteiger partial charge is 0.267 e. The van der Waals surface area contributed by atoms with Crippen molar-refractivity contribution < 1.29 is 4.79 Å². The summed E-state index contributed by atoms with van der Waals surface area (Å²) in [6.45, 7) is 8.19. The van der Waals surface area contributed by atoms with Crippen molar-refractivity contribution in [1.82, 2.24) is 5.32 Å². The molecule has 2 aromatic rings. The first kappa shape index (κ1) is 21.6. The van der Waals surface area contributed by atoms with Crippen LogP contribution in [0.1, 0.15) is 73.4 Å². The summed E-state index contributed by atoms with van der Waals surface area (Å²) in [5, 5.41) is 15.7. The summed E-state index contributed by atoms with van der Waals surface area (Å²) in [5.41, 5.74) is 6.96. The molecular formula is C26H31N3O. The van der Waals surface area contributed by atoms with Gasteiger partial charge in [0.15, 0.2) is 0 Å². The van der Waals surface area contributed by atoms with Crippen molar-refractivity contribution in [3.05, 3.63) is 76.0 Å². The van der Waals surface area contributed by atoms with E-state index < -0.39 is 0 Å². The molecule has 4 heteroatoms. The standard InChI is InChI=1S/C26H31N3O/c1-17(2)24-11-7-8-18(3)25(24)29-26(30)23(15-27)16-28-19(4)21-13-12-20-9-5-6-10-22(20)14-21/h7-8,11-14,16-17,19,28H,5-6,9-10H2,1-4H3,(H,29,30)/b23-16-. The molecule has 156 valence electrons. The van der Waals surface area contributed by atoms with Gasteiger partial charge >= 0.3 is 0 Å². The number of nitriles is 1. The molecule has 2 N–H and O–H groups in total. The number of hydrogen-bond acceptors (Lipinski definition) is 3. The van der Waals surface area contributed by atoms with E-state index in [4.69, 9.17) is 0 Å². The number of carbonyl (C=O) groups is 1. The molecule has 0 fully saturated rings. The number of para-hydroxylation sites is 1. The highest BCUT2D eigenvalue weighted by Crippen LogP contribution is 2.28. The van der Waals surface area contributed by atoms with Crippen LogP contribution in [-0.4, -0.2) is 5.91 Å². The molecule has 0 aliphatic heterocycles. The summed E-state index contributed by atoms with van der Waals surface area (Å²) in [5.74, 6) is -0.115. The first-order valence-corrected chi connectivity index (χ1v) is 10.8. The molecule has 0 aromatic heterocycles. The third-order valence-electron chi connectivity index (χ3n) is 5.88. The van der Waals surface area contributed by atoms with E-state index in [0.717, 1.165) is 29.7 Å². The van der Waals surface area contributed by atoms with Crippen LogP contribution in [0.3, 0.4) is 0 Å². The zero-order chi connectivity index (χ0) is 21.7. The first-order valence-electron chi connectivity index (χ1n) is 10.8. The van der Waals surface area contributed by atoms with Gasteiger partial charge in [0, 0.05) is 17.9 Å². The third-order valence-corrected chi connectivity index (χ3v) is 5.88. The second kappa shape index (κ2) is 9.63. The van der Waals surface area contributed by atoms with Gasteiger partial charge in [-0.15, -0.1) is 0 Å². The number of anilines is 1. The van der Waals surface area contributed by atoms with Gasteiger partial charge in [-0.2, -0.15) is 5.26 Å². The summed E-state index contributed by atoms with van der Waals surface area (Å²) in [6.07, 6.45) is 6.34. The highest BCUT2D eigenvalue weighted by molar-refractivity contribution is 6.07. The number of carbonyl (C=O) groups excluding carboxylic acids is 1. The molecule has 0 spiro atoms. The van der Waals surface area contributed by atoms with E-state index in [1.165, 1.54) is 35.7 Å². The van der Waals surface area contributed by atoms with Gasteiger partial charge in [0.05, 0.1) is 0 Å². The van der Waals surface area contributed by atoms with E-state index in [-0.39, 0.29) is 23.4 Å². The van der Waals surface area contributed by atoms with Crippen molar-refractivity contribution >= 4 is 11.6 Å². The Labute approximate surface area is 180 Å². The van der Waals surface area contributed by atoms with Crippen molar-refractivity contribution in [2.75, 3.05) is 5.32 Å². The fourth-order valence-electron chi connectivity index (χ4n) is 4.00. The Morgan fingerprint density at radius 1 is 1.10 bits per heavy atom. The zero-order valence-electron chi connectivity index (χ0n) is 18.4. The minimum Gasteiger partial charge on any atom is -0.383 e. The van der Waals surface area contributed by atoms with Crippen molar-refractivity contribution in [2.24, 2.45) is 0 Å². The average Bonchev–Trinajstić information content (AvgIpc) is 2.74. The second-order valence-corrected chi connectivity index (χ2v) is 8.44. The maximum atomic E-state index is 12.8. The predicted molar refractivity (Wildman–Crippen MR) is 122 cm³/mol. The van der Waals surface area contributed by atoms with Gasteiger partial charge < -0.3 is 10.6 Å². The molecule has 0 saturated heterocycles. The van der Waals surface area contributed by atoms with Gasteiger partial charge in [0.2, 0.25) is 0 Å².